The molecule has 0 aliphatic heterocycles. The number of carbonyl (C=O) groups excluding carboxylic acids is 1. The van der Waals surface area contributed by atoms with Gasteiger partial charge < -0.3 is 10.6 Å². The average Bonchev–Trinajstić information content (AvgIpc) is 2.85. The van der Waals surface area contributed by atoms with Gasteiger partial charge >= 0.3 is 0 Å². The Morgan fingerprint density at radius 3 is 2.52 bits per heavy atom. The van der Waals surface area contributed by atoms with Crippen LogP contribution in [0.15, 0.2) is 30.3 Å². The highest BCUT2D eigenvalue weighted by Crippen LogP contribution is 2.64. The lowest BCUT2D eigenvalue weighted by Crippen LogP contribution is -2.38. The van der Waals surface area contributed by atoms with E-state index in [2.05, 4.69) is 53.6 Å². The maximum atomic E-state index is 12.5. The van der Waals surface area contributed by atoms with Gasteiger partial charge in [0.05, 0.1) is 0 Å². The van der Waals surface area contributed by atoms with Gasteiger partial charge in [-0.3, -0.25) is 4.79 Å². The molecule has 0 bridgehead atoms. The maximum absolute atomic E-state index is 12.5. The van der Waals surface area contributed by atoms with E-state index in [-0.39, 0.29) is 29.2 Å². The minimum absolute atomic E-state index is 0.00479. The lowest BCUT2D eigenvalue weighted by molar-refractivity contribution is -0.131. The molecule has 1 amide bonds. The van der Waals surface area contributed by atoms with E-state index in [9.17, 15) is 4.79 Å². The zero-order valence-corrected chi connectivity index (χ0v) is 13.7. The second-order valence-electron chi connectivity index (χ2n) is 6.95. The van der Waals surface area contributed by atoms with Gasteiger partial charge in [-0.2, -0.15) is 0 Å². The molecule has 7 heteroatoms. The van der Waals surface area contributed by atoms with Gasteiger partial charge in [-0.05, 0) is 27.8 Å². The summed E-state index contributed by atoms with van der Waals surface area (Å²) in [4.78, 5) is 14.2. The molecule has 2 aromatic rings. The number of carbonyl (C=O) groups is 1. The summed E-state index contributed by atoms with van der Waals surface area (Å²) in [7, 11) is 1.82. The Labute approximate surface area is 135 Å². The molecule has 0 radical (unpaired) electrons. The average molecular weight is 314 g/mol. The van der Waals surface area contributed by atoms with Gasteiger partial charge in [0.15, 0.2) is 0 Å². The van der Waals surface area contributed by atoms with Crippen molar-refractivity contribution in [1.29, 1.82) is 0 Å². The maximum Gasteiger partial charge on any atom is 0.244 e. The first-order valence-corrected chi connectivity index (χ1v) is 7.67. The van der Waals surface area contributed by atoms with Gasteiger partial charge in [-0.15, -0.1) is 0 Å². The number of tetrazole rings is 1. The molecule has 1 aromatic heterocycles. The molecular weight excluding hydrogens is 292 g/mol. The molecule has 0 unspecified atom stereocenters. The van der Waals surface area contributed by atoms with Gasteiger partial charge in [0.2, 0.25) is 11.9 Å². The second-order valence-corrected chi connectivity index (χ2v) is 6.95. The van der Waals surface area contributed by atoms with Crippen molar-refractivity contribution in [3.05, 3.63) is 35.9 Å². The molecule has 1 aromatic carbocycles. The molecule has 3 rings (SSSR count). The summed E-state index contributed by atoms with van der Waals surface area (Å²) in [6.45, 7) is 5.22. The number of nitrogen functional groups attached to an aromatic ring is 1. The first kappa shape index (κ1) is 15.5. The van der Waals surface area contributed by atoms with Crippen LogP contribution < -0.4 is 5.73 Å². The van der Waals surface area contributed by atoms with Gasteiger partial charge in [0.1, 0.15) is 6.54 Å². The van der Waals surface area contributed by atoms with Crippen molar-refractivity contribution < 1.29 is 4.79 Å². The monoisotopic (exact) mass is 314 g/mol. The summed E-state index contributed by atoms with van der Waals surface area (Å²) in [5.74, 6) is 0.0956. The molecular formula is C16H22N6O. The van der Waals surface area contributed by atoms with Crippen LogP contribution in [-0.2, 0) is 16.8 Å². The van der Waals surface area contributed by atoms with Gasteiger partial charge in [0, 0.05) is 19.0 Å². The van der Waals surface area contributed by atoms with Crippen LogP contribution in [0.4, 0.5) is 5.95 Å². The standard InChI is InChI=1S/C16H22N6O/c1-15(2)10-16(15,12-7-5-4-6-8-12)11-21(3)13(23)9-22-14(17)18-19-20-22/h4-8H,9-11H2,1-3H3,(H2,17,18,20)/t16-/m0/s1. The molecule has 2 N–H and O–H groups in total. The summed E-state index contributed by atoms with van der Waals surface area (Å²) in [6, 6.07) is 10.4. The fourth-order valence-corrected chi connectivity index (χ4v) is 3.39. The number of likely N-dealkylation sites (N-methyl/N-ethyl adjacent to an activating group) is 1. The van der Waals surface area contributed by atoms with Crippen molar-refractivity contribution >= 4 is 11.9 Å². The molecule has 1 aliphatic rings. The molecule has 1 heterocycles. The van der Waals surface area contributed by atoms with E-state index in [1.807, 2.05) is 13.1 Å². The van der Waals surface area contributed by atoms with Gasteiger partial charge in [-0.1, -0.05) is 49.3 Å². The predicted octanol–water partition coefficient (Wildman–Crippen LogP) is 1.08. The minimum Gasteiger partial charge on any atom is -0.367 e. The molecule has 1 aliphatic carbocycles. The highest BCUT2D eigenvalue weighted by atomic mass is 16.2. The third kappa shape index (κ3) is 2.67. The van der Waals surface area contributed by atoms with Gasteiger partial charge in [-0.25, -0.2) is 4.68 Å². The van der Waals surface area contributed by atoms with Crippen molar-refractivity contribution in [2.45, 2.75) is 32.2 Å². The number of anilines is 1. The van der Waals surface area contributed by atoms with E-state index < -0.39 is 0 Å². The minimum atomic E-state index is -0.0537. The Kier molecular flexibility index (Phi) is 3.58. The zero-order valence-electron chi connectivity index (χ0n) is 13.7. The molecule has 122 valence electrons. The van der Waals surface area contributed by atoms with Crippen LogP contribution in [-0.4, -0.2) is 44.6 Å². The number of benzene rings is 1. The fourth-order valence-electron chi connectivity index (χ4n) is 3.39. The highest BCUT2D eigenvalue weighted by Gasteiger charge is 2.62. The zero-order chi connectivity index (χ0) is 16.7. The van der Waals surface area contributed by atoms with E-state index in [1.165, 1.54) is 10.2 Å². The Balaban J connectivity index is 1.74. The molecule has 1 atom stereocenters. The summed E-state index contributed by atoms with van der Waals surface area (Å²) < 4.78 is 1.31. The molecule has 7 nitrogen and oxygen atoms in total. The first-order chi connectivity index (χ1) is 10.9. The van der Waals surface area contributed by atoms with Crippen LogP contribution in [0.1, 0.15) is 25.8 Å². The molecule has 23 heavy (non-hydrogen) atoms. The smallest absolute Gasteiger partial charge is 0.244 e. The van der Waals surface area contributed by atoms with E-state index >= 15 is 0 Å². The molecule has 0 saturated heterocycles. The second kappa shape index (κ2) is 5.33. The quantitative estimate of drug-likeness (QED) is 0.892. The molecule has 0 spiro atoms. The number of nitrogens with zero attached hydrogens (tertiary/aromatic N) is 5. The summed E-state index contributed by atoms with van der Waals surface area (Å²) >= 11 is 0. The Bertz CT molecular complexity index is 710. The van der Waals surface area contributed by atoms with E-state index in [1.54, 1.807) is 4.90 Å². The largest absolute Gasteiger partial charge is 0.367 e. The number of nitrogens with two attached hydrogens (primary N) is 1. The van der Waals surface area contributed by atoms with Crippen LogP contribution in [0.5, 0.6) is 0 Å². The Hall–Kier alpha value is -2.44. The number of aromatic nitrogens is 4. The summed E-state index contributed by atoms with van der Waals surface area (Å²) in [5, 5.41) is 10.8. The van der Waals surface area contributed by atoms with Crippen LogP contribution in [0, 0.1) is 5.41 Å². The van der Waals surface area contributed by atoms with Crippen LogP contribution in [0.25, 0.3) is 0 Å². The van der Waals surface area contributed by atoms with Crippen molar-refractivity contribution in [3.63, 3.8) is 0 Å². The van der Waals surface area contributed by atoms with Crippen molar-refractivity contribution in [2.75, 3.05) is 19.3 Å². The topological polar surface area (TPSA) is 89.9 Å². The first-order valence-electron chi connectivity index (χ1n) is 7.67. The van der Waals surface area contributed by atoms with Crippen molar-refractivity contribution in [2.24, 2.45) is 5.41 Å². The van der Waals surface area contributed by atoms with Gasteiger partial charge in [0.25, 0.3) is 0 Å². The SMILES string of the molecule is CN(C[C@]1(c2ccccc2)CC1(C)C)C(=O)Cn1nnnc1N. The number of amides is 1. The summed E-state index contributed by atoms with van der Waals surface area (Å²) in [5.41, 5.74) is 7.08. The van der Waals surface area contributed by atoms with E-state index in [0.717, 1.165) is 6.42 Å². The third-order valence-electron chi connectivity index (χ3n) is 5.02. The molecule has 1 saturated carbocycles. The molecule has 1 fully saturated rings. The lowest BCUT2D eigenvalue weighted by atomic mass is 9.87. The number of hydrogen-bond donors (Lipinski definition) is 1. The highest BCUT2D eigenvalue weighted by molar-refractivity contribution is 5.76. The van der Waals surface area contributed by atoms with Crippen molar-refractivity contribution in [1.82, 2.24) is 25.1 Å². The van der Waals surface area contributed by atoms with E-state index in [0.29, 0.717) is 6.54 Å². The van der Waals surface area contributed by atoms with Crippen LogP contribution >= 0.6 is 0 Å². The normalized spacial score (nSPS) is 21.9. The summed E-state index contributed by atoms with van der Waals surface area (Å²) in [6.07, 6.45) is 1.06. The van der Waals surface area contributed by atoms with Crippen LogP contribution in [0.2, 0.25) is 0 Å². The predicted molar refractivity (Wildman–Crippen MR) is 86.4 cm³/mol. The third-order valence-corrected chi connectivity index (χ3v) is 5.02. The number of hydrogen-bond acceptors (Lipinski definition) is 5. The van der Waals surface area contributed by atoms with Crippen LogP contribution in [0.3, 0.4) is 0 Å². The van der Waals surface area contributed by atoms with Crippen molar-refractivity contribution in [3.8, 4) is 0 Å². The fraction of sp³-hybridized carbons (Fsp3) is 0.500. The number of rotatable bonds is 5. The Morgan fingerprint density at radius 1 is 1.35 bits per heavy atom. The van der Waals surface area contributed by atoms with E-state index in [4.69, 9.17) is 5.73 Å². The Morgan fingerprint density at radius 2 is 2.00 bits per heavy atom. The lowest BCUT2D eigenvalue weighted by Gasteiger charge is -2.27.